The molecular formula is C16H12N4O. The molecule has 5 nitrogen and oxygen atoms in total. The zero-order valence-corrected chi connectivity index (χ0v) is 11.1. The lowest BCUT2D eigenvalue weighted by molar-refractivity contribution is 0.227. The fourth-order valence-corrected chi connectivity index (χ4v) is 2.23. The predicted octanol–water partition coefficient (Wildman–Crippen LogP) is 3.27. The van der Waals surface area contributed by atoms with Crippen molar-refractivity contribution in [1.29, 1.82) is 0 Å². The van der Waals surface area contributed by atoms with Crippen LogP contribution in [-0.2, 0) is 0 Å². The highest BCUT2D eigenvalue weighted by Gasteiger charge is 2.04. The van der Waals surface area contributed by atoms with Crippen LogP contribution in [0.5, 0.6) is 5.75 Å². The van der Waals surface area contributed by atoms with Gasteiger partial charge in [-0.05, 0) is 48.0 Å². The minimum atomic E-state index is 0.751. The molecule has 0 amide bonds. The van der Waals surface area contributed by atoms with Crippen LogP contribution in [-0.4, -0.2) is 19.9 Å². The molecule has 1 N–H and O–H groups in total. The van der Waals surface area contributed by atoms with E-state index in [1.54, 1.807) is 17.3 Å². The normalized spacial score (nSPS) is 10.9. The first-order chi connectivity index (χ1) is 10.4. The van der Waals surface area contributed by atoms with E-state index < -0.39 is 0 Å². The second-order valence-corrected chi connectivity index (χ2v) is 4.65. The second-order valence-electron chi connectivity index (χ2n) is 4.65. The van der Waals surface area contributed by atoms with Gasteiger partial charge in [-0.25, -0.2) is 4.98 Å². The summed E-state index contributed by atoms with van der Waals surface area (Å²) in [5, 5.41) is 6.88. The molecule has 4 aromatic rings. The Hall–Kier alpha value is -3.08. The first-order valence-corrected chi connectivity index (χ1v) is 6.60. The summed E-state index contributed by atoms with van der Waals surface area (Å²) in [6, 6.07) is 17.6. The predicted molar refractivity (Wildman–Crippen MR) is 79.8 cm³/mol. The van der Waals surface area contributed by atoms with Crippen molar-refractivity contribution in [2.24, 2.45) is 0 Å². The van der Waals surface area contributed by atoms with E-state index in [1.807, 2.05) is 54.6 Å². The van der Waals surface area contributed by atoms with E-state index in [1.165, 1.54) is 0 Å². The zero-order chi connectivity index (χ0) is 14.1. The summed E-state index contributed by atoms with van der Waals surface area (Å²) in [4.78, 5) is 10.1. The highest BCUT2D eigenvalue weighted by atomic mass is 16.7. The topological polar surface area (TPSA) is 55.7 Å². The number of imidazole rings is 1. The molecular weight excluding hydrogens is 264 g/mol. The number of rotatable bonds is 3. The summed E-state index contributed by atoms with van der Waals surface area (Å²) < 4.78 is 1.67. The summed E-state index contributed by atoms with van der Waals surface area (Å²) in [7, 11) is 0. The van der Waals surface area contributed by atoms with Gasteiger partial charge in [0.05, 0.1) is 11.2 Å². The van der Waals surface area contributed by atoms with Crippen molar-refractivity contribution in [2.75, 3.05) is 0 Å². The van der Waals surface area contributed by atoms with Gasteiger partial charge in [0.2, 0.25) is 0 Å². The molecule has 0 bridgehead atoms. The lowest BCUT2D eigenvalue weighted by atomic mass is 10.1. The Kier molecular flexibility index (Phi) is 2.67. The van der Waals surface area contributed by atoms with Crippen LogP contribution in [0.2, 0.25) is 0 Å². The maximum Gasteiger partial charge on any atom is 0.155 e. The summed E-state index contributed by atoms with van der Waals surface area (Å²) >= 11 is 0. The van der Waals surface area contributed by atoms with E-state index in [0.717, 1.165) is 28.0 Å². The molecule has 0 saturated carbocycles. The average Bonchev–Trinajstić information content (AvgIpc) is 3.19. The van der Waals surface area contributed by atoms with E-state index in [0.29, 0.717) is 0 Å². The molecule has 0 spiro atoms. The minimum absolute atomic E-state index is 0.751. The van der Waals surface area contributed by atoms with Gasteiger partial charge >= 0.3 is 0 Å². The number of H-pyrrole nitrogens is 1. The van der Waals surface area contributed by atoms with E-state index in [2.05, 4.69) is 15.2 Å². The van der Waals surface area contributed by atoms with Crippen LogP contribution in [0.15, 0.2) is 67.1 Å². The summed E-state index contributed by atoms with van der Waals surface area (Å²) in [6.07, 6.45) is 3.41. The standard InChI is InChI=1S/C16H12N4O/c1-2-4-16-15(3-1)17-11-20(16)21-13-7-5-12(6-8-13)14-9-10-18-19-14/h1-11H,(H,18,19). The Labute approximate surface area is 120 Å². The number of hydrogen-bond donors (Lipinski definition) is 1. The van der Waals surface area contributed by atoms with Crippen molar-refractivity contribution in [2.45, 2.75) is 0 Å². The molecule has 2 heterocycles. The summed E-state index contributed by atoms with van der Waals surface area (Å²) in [5.41, 5.74) is 3.90. The fourth-order valence-electron chi connectivity index (χ4n) is 2.23. The zero-order valence-electron chi connectivity index (χ0n) is 11.1. The smallest absolute Gasteiger partial charge is 0.155 e. The van der Waals surface area contributed by atoms with E-state index in [4.69, 9.17) is 4.84 Å². The quantitative estimate of drug-likeness (QED) is 0.625. The van der Waals surface area contributed by atoms with Gasteiger partial charge in [0.1, 0.15) is 11.8 Å². The van der Waals surface area contributed by atoms with E-state index in [9.17, 15) is 0 Å². The lowest BCUT2D eigenvalue weighted by Crippen LogP contribution is -2.02. The summed E-state index contributed by atoms with van der Waals surface area (Å²) in [6.45, 7) is 0. The number of para-hydroxylation sites is 2. The molecule has 0 aliphatic heterocycles. The van der Waals surface area contributed by atoms with Crippen LogP contribution in [0.1, 0.15) is 0 Å². The van der Waals surface area contributed by atoms with E-state index in [-0.39, 0.29) is 0 Å². The van der Waals surface area contributed by atoms with Crippen LogP contribution in [0.4, 0.5) is 0 Å². The monoisotopic (exact) mass is 276 g/mol. The van der Waals surface area contributed by atoms with Crippen LogP contribution < -0.4 is 4.84 Å². The first-order valence-electron chi connectivity index (χ1n) is 6.60. The van der Waals surface area contributed by atoms with Crippen molar-refractivity contribution in [3.8, 4) is 17.0 Å². The number of nitrogens with zero attached hydrogens (tertiary/aromatic N) is 3. The van der Waals surface area contributed by atoms with Crippen LogP contribution in [0.3, 0.4) is 0 Å². The van der Waals surface area contributed by atoms with Gasteiger partial charge in [-0.1, -0.05) is 12.1 Å². The molecule has 102 valence electrons. The van der Waals surface area contributed by atoms with Gasteiger partial charge in [-0.3, -0.25) is 5.10 Å². The Morgan fingerprint density at radius 2 is 1.81 bits per heavy atom. The SMILES string of the molecule is c1ccc2c(c1)ncn2Oc1ccc(-c2ccn[nH]2)cc1. The highest BCUT2D eigenvalue weighted by Crippen LogP contribution is 2.21. The van der Waals surface area contributed by atoms with Gasteiger partial charge in [0.15, 0.2) is 5.75 Å². The number of aromatic amines is 1. The molecule has 5 heteroatoms. The van der Waals surface area contributed by atoms with E-state index >= 15 is 0 Å². The van der Waals surface area contributed by atoms with Crippen LogP contribution in [0, 0.1) is 0 Å². The molecule has 0 unspecified atom stereocenters. The van der Waals surface area contributed by atoms with Crippen molar-refractivity contribution in [3.63, 3.8) is 0 Å². The third kappa shape index (κ3) is 2.14. The number of benzene rings is 2. The van der Waals surface area contributed by atoms with Crippen molar-refractivity contribution in [3.05, 3.63) is 67.1 Å². The average molecular weight is 276 g/mol. The molecule has 0 aliphatic carbocycles. The Bertz CT molecular complexity index is 863. The molecule has 0 fully saturated rings. The molecule has 4 rings (SSSR count). The first kappa shape index (κ1) is 11.7. The van der Waals surface area contributed by atoms with Gasteiger partial charge < -0.3 is 4.84 Å². The molecule has 0 radical (unpaired) electrons. The number of hydrogen-bond acceptors (Lipinski definition) is 3. The Balaban J connectivity index is 1.63. The minimum Gasteiger partial charge on any atom is -0.374 e. The van der Waals surface area contributed by atoms with Crippen molar-refractivity contribution >= 4 is 11.0 Å². The van der Waals surface area contributed by atoms with Gasteiger partial charge in [-0.2, -0.15) is 9.83 Å². The Morgan fingerprint density at radius 3 is 2.62 bits per heavy atom. The van der Waals surface area contributed by atoms with Crippen LogP contribution in [0.25, 0.3) is 22.3 Å². The van der Waals surface area contributed by atoms with Crippen molar-refractivity contribution < 1.29 is 4.84 Å². The lowest BCUT2D eigenvalue weighted by Gasteiger charge is -2.07. The van der Waals surface area contributed by atoms with Gasteiger partial charge in [0, 0.05) is 6.20 Å². The highest BCUT2D eigenvalue weighted by molar-refractivity contribution is 5.74. The molecule has 0 aliphatic rings. The number of fused-ring (bicyclic) bond motifs is 1. The van der Waals surface area contributed by atoms with Gasteiger partial charge in [0.25, 0.3) is 0 Å². The maximum absolute atomic E-state index is 5.83. The summed E-state index contributed by atoms with van der Waals surface area (Å²) in [5.74, 6) is 0.751. The number of aromatic nitrogens is 4. The maximum atomic E-state index is 5.83. The number of nitrogens with one attached hydrogen (secondary N) is 1. The largest absolute Gasteiger partial charge is 0.374 e. The molecule has 2 aromatic carbocycles. The molecule has 0 atom stereocenters. The Morgan fingerprint density at radius 1 is 0.952 bits per heavy atom. The van der Waals surface area contributed by atoms with Crippen LogP contribution >= 0.6 is 0 Å². The molecule has 0 saturated heterocycles. The van der Waals surface area contributed by atoms with Gasteiger partial charge in [-0.15, -0.1) is 0 Å². The fraction of sp³-hybridized carbons (Fsp3) is 0. The second kappa shape index (κ2) is 4.79. The van der Waals surface area contributed by atoms with Crippen molar-refractivity contribution in [1.82, 2.24) is 19.9 Å². The molecule has 21 heavy (non-hydrogen) atoms. The molecule has 2 aromatic heterocycles. The third-order valence-electron chi connectivity index (χ3n) is 3.29. The third-order valence-corrected chi connectivity index (χ3v) is 3.29.